The number of hydrogen-bond acceptors (Lipinski definition) is 2. The van der Waals surface area contributed by atoms with Gasteiger partial charge in [0.1, 0.15) is 5.75 Å². The number of ether oxygens (including phenoxy) is 1. The fraction of sp³-hybridized carbons (Fsp3) is 0.571. The number of hydrogen-bond donors (Lipinski definition) is 1. The second-order valence-electron chi connectivity index (χ2n) is 4.81. The highest BCUT2D eigenvalue weighted by Gasteiger charge is 2.39. The first-order valence-electron chi connectivity index (χ1n) is 6.12. The van der Waals surface area contributed by atoms with Crippen molar-refractivity contribution in [2.45, 2.75) is 32.7 Å². The molecule has 0 aromatic heterocycles. The molecule has 17 heavy (non-hydrogen) atoms. The Morgan fingerprint density at radius 2 is 1.88 bits per heavy atom. The normalized spacial score (nSPS) is 16.1. The van der Waals surface area contributed by atoms with E-state index in [4.69, 9.17) is 4.74 Å². The quantitative estimate of drug-likeness (QED) is 0.841. The molecule has 0 heterocycles. The van der Waals surface area contributed by atoms with Crippen LogP contribution in [0, 0.1) is 5.41 Å². The lowest BCUT2D eigenvalue weighted by Crippen LogP contribution is -2.23. The molecule has 1 aliphatic carbocycles. The van der Waals surface area contributed by atoms with Gasteiger partial charge in [-0.25, -0.2) is 0 Å². The Balaban J connectivity index is 0.00000144. The molecule has 3 heteroatoms. The van der Waals surface area contributed by atoms with Crippen molar-refractivity contribution in [1.29, 1.82) is 0 Å². The smallest absolute Gasteiger partial charge is 0.118 e. The molecule has 1 aromatic rings. The standard InChI is InChI=1S/C14H21NO.ClH/c1-3-14(8-9-14)11-15-10-12-4-6-13(16-2)7-5-12;/h4-7,15H,3,8-11H2,1-2H3;1H. The first-order valence-corrected chi connectivity index (χ1v) is 6.12. The fourth-order valence-corrected chi connectivity index (χ4v) is 2.05. The van der Waals surface area contributed by atoms with E-state index in [0.29, 0.717) is 5.41 Å². The van der Waals surface area contributed by atoms with Gasteiger partial charge in [0, 0.05) is 13.1 Å². The minimum Gasteiger partial charge on any atom is -0.497 e. The predicted octanol–water partition coefficient (Wildman–Crippen LogP) is 3.40. The van der Waals surface area contributed by atoms with Crippen molar-refractivity contribution in [3.05, 3.63) is 29.8 Å². The van der Waals surface area contributed by atoms with Crippen LogP contribution in [-0.2, 0) is 6.54 Å². The molecule has 0 radical (unpaired) electrons. The summed E-state index contributed by atoms with van der Waals surface area (Å²) in [5.41, 5.74) is 1.96. The number of benzene rings is 1. The van der Waals surface area contributed by atoms with Crippen LogP contribution >= 0.6 is 12.4 Å². The fourth-order valence-electron chi connectivity index (χ4n) is 2.05. The van der Waals surface area contributed by atoms with Crippen LogP contribution in [0.3, 0.4) is 0 Å². The Kier molecular flexibility index (Phi) is 5.29. The van der Waals surface area contributed by atoms with E-state index in [-0.39, 0.29) is 12.4 Å². The molecule has 2 rings (SSSR count). The lowest BCUT2D eigenvalue weighted by atomic mass is 10.0. The zero-order valence-corrected chi connectivity index (χ0v) is 11.5. The number of halogens is 1. The summed E-state index contributed by atoms with van der Waals surface area (Å²) in [5.74, 6) is 0.927. The molecule has 1 fully saturated rings. The van der Waals surface area contributed by atoms with E-state index >= 15 is 0 Å². The average Bonchev–Trinajstić information content (AvgIpc) is 3.11. The molecule has 0 saturated heterocycles. The van der Waals surface area contributed by atoms with Crippen LogP contribution in [0.4, 0.5) is 0 Å². The summed E-state index contributed by atoms with van der Waals surface area (Å²) in [4.78, 5) is 0. The third-order valence-corrected chi connectivity index (χ3v) is 3.70. The van der Waals surface area contributed by atoms with Gasteiger partial charge < -0.3 is 10.1 Å². The van der Waals surface area contributed by atoms with Crippen molar-refractivity contribution in [2.24, 2.45) is 5.41 Å². The van der Waals surface area contributed by atoms with Gasteiger partial charge in [0.2, 0.25) is 0 Å². The molecule has 1 N–H and O–H groups in total. The van der Waals surface area contributed by atoms with E-state index in [1.165, 1.54) is 24.8 Å². The maximum Gasteiger partial charge on any atom is 0.118 e. The second kappa shape index (κ2) is 6.27. The zero-order valence-electron chi connectivity index (χ0n) is 10.7. The summed E-state index contributed by atoms with van der Waals surface area (Å²) in [6.45, 7) is 4.42. The Morgan fingerprint density at radius 1 is 1.24 bits per heavy atom. The monoisotopic (exact) mass is 255 g/mol. The average molecular weight is 256 g/mol. The Morgan fingerprint density at radius 3 is 2.35 bits per heavy atom. The summed E-state index contributed by atoms with van der Waals surface area (Å²) in [7, 11) is 1.70. The topological polar surface area (TPSA) is 21.3 Å². The molecule has 1 saturated carbocycles. The number of methoxy groups -OCH3 is 1. The van der Waals surface area contributed by atoms with Crippen LogP contribution in [0.15, 0.2) is 24.3 Å². The van der Waals surface area contributed by atoms with Crippen LogP contribution in [0.25, 0.3) is 0 Å². The highest BCUT2D eigenvalue weighted by molar-refractivity contribution is 5.85. The lowest BCUT2D eigenvalue weighted by molar-refractivity contribution is 0.414. The van der Waals surface area contributed by atoms with E-state index in [2.05, 4.69) is 24.4 Å². The highest BCUT2D eigenvalue weighted by atomic mass is 35.5. The molecular formula is C14H22ClNO. The molecule has 0 aliphatic heterocycles. The first-order chi connectivity index (χ1) is 7.78. The van der Waals surface area contributed by atoms with E-state index in [9.17, 15) is 0 Å². The van der Waals surface area contributed by atoms with Crippen molar-refractivity contribution < 1.29 is 4.74 Å². The molecular weight excluding hydrogens is 234 g/mol. The zero-order chi connectivity index (χ0) is 11.4. The summed E-state index contributed by atoms with van der Waals surface area (Å²) in [5, 5.41) is 3.55. The number of nitrogens with one attached hydrogen (secondary N) is 1. The van der Waals surface area contributed by atoms with Crippen LogP contribution in [-0.4, -0.2) is 13.7 Å². The van der Waals surface area contributed by atoms with Crippen molar-refractivity contribution in [2.75, 3.05) is 13.7 Å². The lowest BCUT2D eigenvalue weighted by Gasteiger charge is -2.13. The third-order valence-electron chi connectivity index (χ3n) is 3.70. The molecule has 1 aliphatic rings. The van der Waals surface area contributed by atoms with Crippen molar-refractivity contribution in [3.8, 4) is 5.75 Å². The van der Waals surface area contributed by atoms with Gasteiger partial charge in [-0.2, -0.15) is 0 Å². The molecule has 1 aromatic carbocycles. The minimum atomic E-state index is 0. The van der Waals surface area contributed by atoms with Gasteiger partial charge in [0.25, 0.3) is 0 Å². The minimum absolute atomic E-state index is 0. The van der Waals surface area contributed by atoms with Gasteiger partial charge in [0.05, 0.1) is 7.11 Å². The van der Waals surface area contributed by atoms with Crippen molar-refractivity contribution >= 4 is 12.4 Å². The van der Waals surface area contributed by atoms with Gasteiger partial charge in [0.15, 0.2) is 0 Å². The Bertz CT molecular complexity index is 333. The number of rotatable bonds is 6. The van der Waals surface area contributed by atoms with Gasteiger partial charge in [-0.15, -0.1) is 12.4 Å². The molecule has 0 amide bonds. The van der Waals surface area contributed by atoms with Crippen molar-refractivity contribution in [1.82, 2.24) is 5.32 Å². The van der Waals surface area contributed by atoms with Crippen LogP contribution in [0.5, 0.6) is 5.75 Å². The van der Waals surface area contributed by atoms with Crippen LogP contribution in [0.2, 0.25) is 0 Å². The van der Waals surface area contributed by atoms with E-state index in [0.717, 1.165) is 18.8 Å². The van der Waals surface area contributed by atoms with Gasteiger partial charge >= 0.3 is 0 Å². The van der Waals surface area contributed by atoms with Gasteiger partial charge in [-0.3, -0.25) is 0 Å². The maximum atomic E-state index is 5.13. The van der Waals surface area contributed by atoms with E-state index in [1.807, 2.05) is 12.1 Å². The van der Waals surface area contributed by atoms with E-state index in [1.54, 1.807) is 7.11 Å². The maximum absolute atomic E-state index is 5.13. The SMILES string of the molecule is CCC1(CNCc2ccc(OC)cc2)CC1.Cl. The largest absolute Gasteiger partial charge is 0.497 e. The molecule has 0 spiro atoms. The molecule has 96 valence electrons. The second-order valence-corrected chi connectivity index (χ2v) is 4.81. The Labute approximate surface area is 110 Å². The Hall–Kier alpha value is -0.730. The molecule has 2 nitrogen and oxygen atoms in total. The molecule has 0 unspecified atom stereocenters. The highest BCUT2D eigenvalue weighted by Crippen LogP contribution is 2.47. The third kappa shape index (κ3) is 3.90. The summed E-state index contributed by atoms with van der Waals surface area (Å²) in [6, 6.07) is 8.28. The first kappa shape index (κ1) is 14.3. The van der Waals surface area contributed by atoms with Gasteiger partial charge in [-0.1, -0.05) is 19.1 Å². The van der Waals surface area contributed by atoms with Crippen LogP contribution in [0.1, 0.15) is 31.7 Å². The molecule has 0 bridgehead atoms. The summed E-state index contributed by atoms with van der Waals surface area (Å²) >= 11 is 0. The van der Waals surface area contributed by atoms with Crippen LogP contribution < -0.4 is 10.1 Å². The summed E-state index contributed by atoms with van der Waals surface area (Å²) in [6.07, 6.45) is 4.11. The van der Waals surface area contributed by atoms with Crippen molar-refractivity contribution in [3.63, 3.8) is 0 Å². The predicted molar refractivity (Wildman–Crippen MR) is 73.9 cm³/mol. The van der Waals surface area contributed by atoms with Gasteiger partial charge in [-0.05, 0) is 42.4 Å². The summed E-state index contributed by atoms with van der Waals surface area (Å²) < 4.78 is 5.13. The van der Waals surface area contributed by atoms with E-state index < -0.39 is 0 Å². The molecule has 0 atom stereocenters.